The Hall–Kier alpha value is -2.87. The van der Waals surface area contributed by atoms with Crippen molar-refractivity contribution in [2.24, 2.45) is 5.92 Å². The summed E-state index contributed by atoms with van der Waals surface area (Å²) in [4.78, 5) is 20.5. The quantitative estimate of drug-likeness (QED) is 0.685. The smallest absolute Gasteiger partial charge is 0.257 e. The highest BCUT2D eigenvalue weighted by Crippen LogP contribution is 2.37. The predicted octanol–water partition coefficient (Wildman–Crippen LogP) is 3.28. The maximum Gasteiger partial charge on any atom is 0.257 e. The van der Waals surface area contributed by atoms with E-state index < -0.39 is 0 Å². The van der Waals surface area contributed by atoms with Crippen LogP contribution in [-0.4, -0.2) is 42.7 Å². The van der Waals surface area contributed by atoms with Crippen molar-refractivity contribution in [1.82, 2.24) is 15.3 Å². The van der Waals surface area contributed by atoms with Crippen LogP contribution in [0.2, 0.25) is 0 Å². The molecular weight excluding hydrogens is 378 g/mol. The summed E-state index contributed by atoms with van der Waals surface area (Å²) in [6.07, 6.45) is 0.391. The number of fused-ring (bicyclic) bond motifs is 1. The number of aromatic nitrogens is 2. The number of nitrogens with one attached hydrogen (secondary N) is 1. The zero-order valence-electron chi connectivity index (χ0n) is 15.9. The number of pyridine rings is 1. The van der Waals surface area contributed by atoms with E-state index in [-0.39, 0.29) is 17.9 Å². The molecule has 1 aromatic carbocycles. The number of rotatable bonds is 6. The third-order valence-electron chi connectivity index (χ3n) is 4.92. The lowest BCUT2D eigenvalue weighted by atomic mass is 10.0. The van der Waals surface area contributed by atoms with E-state index in [4.69, 9.17) is 14.2 Å². The Balaban J connectivity index is 1.70. The van der Waals surface area contributed by atoms with E-state index in [9.17, 15) is 4.79 Å². The lowest BCUT2D eigenvalue weighted by Crippen LogP contribution is -2.25. The number of thiazole rings is 1. The first kappa shape index (κ1) is 18.5. The minimum absolute atomic E-state index is 0.0756. The number of ether oxygens (including phenoxy) is 3. The normalized spacial score (nSPS) is 17.4. The van der Waals surface area contributed by atoms with E-state index in [0.29, 0.717) is 24.6 Å². The zero-order valence-corrected chi connectivity index (χ0v) is 16.7. The molecule has 3 heterocycles. The largest absolute Gasteiger partial charge is 0.491 e. The number of carbonyl (C=O) groups is 1. The Kier molecular flexibility index (Phi) is 5.04. The molecule has 1 aliphatic heterocycles. The van der Waals surface area contributed by atoms with E-state index in [0.717, 1.165) is 27.2 Å². The lowest BCUT2D eigenvalue weighted by molar-refractivity contribution is -0.119. The molecule has 1 unspecified atom stereocenters. The van der Waals surface area contributed by atoms with Crippen LogP contribution < -0.4 is 19.5 Å². The van der Waals surface area contributed by atoms with Gasteiger partial charge in [0.15, 0.2) is 5.75 Å². The molecule has 1 N–H and O–H groups in total. The zero-order chi connectivity index (χ0) is 19.7. The standard InChI is InChI=1S/C20H21N3O4S/c1-11(13-8-18(24)21-9-13)27-17-7-12(6-15-19(17)28-10-22-15)14-4-5-16(25-2)20(23-14)26-3/h4-7,10-11,13H,8-9H2,1-3H3,(H,21,24)/t11-,13?/m1/s1. The Morgan fingerprint density at radius 3 is 2.79 bits per heavy atom. The van der Waals surface area contributed by atoms with E-state index >= 15 is 0 Å². The van der Waals surface area contributed by atoms with E-state index in [1.54, 1.807) is 19.7 Å². The molecule has 2 aromatic heterocycles. The molecule has 1 fully saturated rings. The molecule has 0 radical (unpaired) electrons. The van der Waals surface area contributed by atoms with Crippen molar-refractivity contribution < 1.29 is 19.0 Å². The van der Waals surface area contributed by atoms with Crippen LogP contribution in [0.4, 0.5) is 0 Å². The molecule has 1 amide bonds. The van der Waals surface area contributed by atoms with Crippen molar-refractivity contribution >= 4 is 27.5 Å². The van der Waals surface area contributed by atoms with Crippen molar-refractivity contribution in [3.05, 3.63) is 29.8 Å². The van der Waals surface area contributed by atoms with Crippen molar-refractivity contribution in [2.45, 2.75) is 19.4 Å². The monoisotopic (exact) mass is 399 g/mol. The summed E-state index contributed by atoms with van der Waals surface area (Å²) >= 11 is 1.53. The van der Waals surface area contributed by atoms with Gasteiger partial charge in [0.05, 0.1) is 35.6 Å². The van der Waals surface area contributed by atoms with Crippen LogP contribution in [0.3, 0.4) is 0 Å². The van der Waals surface area contributed by atoms with Crippen LogP contribution in [0.5, 0.6) is 17.4 Å². The summed E-state index contributed by atoms with van der Waals surface area (Å²) in [7, 11) is 3.14. The average Bonchev–Trinajstić information content (AvgIpc) is 3.36. The van der Waals surface area contributed by atoms with E-state index in [1.165, 1.54) is 11.3 Å². The highest BCUT2D eigenvalue weighted by molar-refractivity contribution is 7.17. The number of methoxy groups -OCH3 is 2. The second-order valence-electron chi connectivity index (χ2n) is 6.67. The number of hydrogen-bond donors (Lipinski definition) is 1. The van der Waals surface area contributed by atoms with Gasteiger partial charge in [-0.3, -0.25) is 4.79 Å². The second kappa shape index (κ2) is 7.63. The Labute approximate surface area is 166 Å². The van der Waals surface area contributed by atoms with Crippen LogP contribution in [0.1, 0.15) is 13.3 Å². The highest BCUT2D eigenvalue weighted by atomic mass is 32.1. The molecule has 146 valence electrons. The van der Waals surface area contributed by atoms with Gasteiger partial charge < -0.3 is 19.5 Å². The van der Waals surface area contributed by atoms with E-state index in [2.05, 4.69) is 15.3 Å². The first-order valence-electron chi connectivity index (χ1n) is 8.99. The van der Waals surface area contributed by atoms with Crippen LogP contribution >= 0.6 is 11.3 Å². The summed E-state index contributed by atoms with van der Waals surface area (Å²) in [5.74, 6) is 1.97. The third-order valence-corrected chi connectivity index (χ3v) is 5.77. The SMILES string of the molecule is COc1ccc(-c2cc(O[C@H](C)C3CNC(=O)C3)c3scnc3c2)nc1OC. The molecular formula is C20H21N3O4S. The fraction of sp³-hybridized carbons (Fsp3) is 0.350. The second-order valence-corrected chi connectivity index (χ2v) is 7.53. The van der Waals surface area contributed by atoms with Gasteiger partial charge in [0.2, 0.25) is 5.91 Å². The molecule has 1 aliphatic rings. The Morgan fingerprint density at radius 2 is 2.07 bits per heavy atom. The summed E-state index contributed by atoms with van der Waals surface area (Å²) in [5.41, 5.74) is 4.26. The number of hydrogen-bond acceptors (Lipinski definition) is 7. The molecule has 0 bridgehead atoms. The minimum Gasteiger partial charge on any atom is -0.491 e. The minimum atomic E-state index is -0.0992. The molecule has 0 spiro atoms. The molecule has 28 heavy (non-hydrogen) atoms. The van der Waals surface area contributed by atoms with Gasteiger partial charge in [-0.15, -0.1) is 11.3 Å². The fourth-order valence-corrected chi connectivity index (χ4v) is 4.05. The van der Waals surface area contributed by atoms with Crippen LogP contribution in [-0.2, 0) is 4.79 Å². The molecule has 1 saturated heterocycles. The molecule has 0 aliphatic carbocycles. The van der Waals surface area contributed by atoms with Gasteiger partial charge >= 0.3 is 0 Å². The van der Waals surface area contributed by atoms with Crippen LogP contribution in [0.15, 0.2) is 29.8 Å². The summed E-state index contributed by atoms with van der Waals surface area (Å²) in [6.45, 7) is 2.64. The van der Waals surface area contributed by atoms with Crippen molar-refractivity contribution in [3.8, 4) is 28.6 Å². The summed E-state index contributed by atoms with van der Waals surface area (Å²) < 4.78 is 17.9. The number of amides is 1. The number of carbonyl (C=O) groups excluding carboxylic acids is 1. The van der Waals surface area contributed by atoms with Gasteiger partial charge in [-0.25, -0.2) is 9.97 Å². The van der Waals surface area contributed by atoms with Gasteiger partial charge in [0.1, 0.15) is 11.9 Å². The first-order valence-corrected chi connectivity index (χ1v) is 9.87. The number of benzene rings is 1. The summed E-state index contributed by atoms with van der Waals surface area (Å²) in [5, 5.41) is 2.86. The van der Waals surface area contributed by atoms with Gasteiger partial charge in [-0.05, 0) is 31.2 Å². The Morgan fingerprint density at radius 1 is 1.21 bits per heavy atom. The molecule has 7 nitrogen and oxygen atoms in total. The maximum atomic E-state index is 11.5. The van der Waals surface area contributed by atoms with Crippen LogP contribution in [0.25, 0.3) is 21.5 Å². The van der Waals surface area contributed by atoms with Crippen molar-refractivity contribution in [1.29, 1.82) is 0 Å². The topological polar surface area (TPSA) is 82.6 Å². The fourth-order valence-electron chi connectivity index (χ4n) is 3.32. The molecule has 3 aromatic rings. The molecule has 8 heteroatoms. The molecule has 2 atom stereocenters. The third kappa shape index (κ3) is 3.47. The molecule has 4 rings (SSSR count). The van der Waals surface area contributed by atoms with Crippen molar-refractivity contribution in [3.63, 3.8) is 0 Å². The summed E-state index contributed by atoms with van der Waals surface area (Å²) in [6, 6.07) is 7.65. The predicted molar refractivity (Wildman–Crippen MR) is 107 cm³/mol. The van der Waals surface area contributed by atoms with Crippen molar-refractivity contribution in [2.75, 3.05) is 20.8 Å². The van der Waals surface area contributed by atoms with Crippen LogP contribution in [0, 0.1) is 5.92 Å². The van der Waals surface area contributed by atoms with Gasteiger partial charge in [-0.1, -0.05) is 0 Å². The Bertz CT molecular complexity index is 1020. The van der Waals surface area contributed by atoms with Gasteiger partial charge in [-0.2, -0.15) is 0 Å². The average molecular weight is 399 g/mol. The highest BCUT2D eigenvalue weighted by Gasteiger charge is 2.28. The van der Waals surface area contributed by atoms with Gasteiger partial charge in [0.25, 0.3) is 5.88 Å². The molecule has 0 saturated carbocycles. The first-order chi connectivity index (χ1) is 13.6. The van der Waals surface area contributed by atoms with Gasteiger partial charge in [0, 0.05) is 24.4 Å². The lowest BCUT2D eigenvalue weighted by Gasteiger charge is -2.20. The van der Waals surface area contributed by atoms with E-state index in [1.807, 2.05) is 31.2 Å². The number of nitrogens with zero attached hydrogens (tertiary/aromatic N) is 2. The maximum absolute atomic E-state index is 11.5.